The van der Waals surface area contributed by atoms with Crippen LogP contribution in [0.15, 0.2) is 30.3 Å². The minimum Gasteiger partial charge on any atom is -0.496 e. The lowest BCUT2D eigenvalue weighted by Crippen LogP contribution is -2.38. The van der Waals surface area contributed by atoms with Crippen molar-refractivity contribution < 1.29 is 14.6 Å². The Balaban J connectivity index is 2.49. The first-order valence-electron chi connectivity index (χ1n) is 6.18. The summed E-state index contributed by atoms with van der Waals surface area (Å²) in [4.78, 5) is 11.6. The summed E-state index contributed by atoms with van der Waals surface area (Å²) in [5.74, 6) is 0.373. The van der Waals surface area contributed by atoms with Crippen molar-refractivity contribution in [2.45, 2.75) is 6.42 Å². The van der Waals surface area contributed by atoms with E-state index in [0.29, 0.717) is 18.7 Å². The van der Waals surface area contributed by atoms with Crippen LogP contribution in [0.2, 0.25) is 0 Å². The Morgan fingerprint density at radius 2 is 2.20 bits per heavy atom. The van der Waals surface area contributed by atoms with E-state index in [1.54, 1.807) is 13.2 Å². The number of hydrogen-bond acceptors (Lipinski definition) is 4. The zero-order valence-corrected chi connectivity index (χ0v) is 12.1. The number of benzene rings is 1. The summed E-state index contributed by atoms with van der Waals surface area (Å²) in [6.45, 7) is 0.600. The highest BCUT2D eigenvalue weighted by Gasteiger charge is 2.01. The van der Waals surface area contributed by atoms with Gasteiger partial charge in [0.15, 0.2) is 5.11 Å². The van der Waals surface area contributed by atoms with Crippen LogP contribution in [0.25, 0.3) is 6.08 Å². The van der Waals surface area contributed by atoms with Gasteiger partial charge >= 0.3 is 0 Å². The number of amides is 1. The molecule has 0 atom stereocenters. The second-order valence-corrected chi connectivity index (χ2v) is 4.31. The van der Waals surface area contributed by atoms with Gasteiger partial charge in [-0.25, -0.2) is 0 Å². The number of carbonyl (C=O) groups excluding carboxylic acids is 1. The average molecular weight is 294 g/mol. The number of aliphatic hydroxyl groups excluding tert-OH is 1. The molecule has 0 fully saturated rings. The molecule has 1 amide bonds. The van der Waals surface area contributed by atoms with Crippen LogP contribution in [0, 0.1) is 0 Å². The van der Waals surface area contributed by atoms with Crippen molar-refractivity contribution in [3.63, 3.8) is 0 Å². The number of aliphatic hydroxyl groups is 1. The number of para-hydroxylation sites is 1. The van der Waals surface area contributed by atoms with E-state index in [0.717, 1.165) is 5.56 Å². The van der Waals surface area contributed by atoms with Gasteiger partial charge in [-0.3, -0.25) is 10.1 Å². The van der Waals surface area contributed by atoms with Crippen molar-refractivity contribution >= 4 is 29.3 Å². The SMILES string of the molecule is COc1ccccc1/C=C/C(=O)NC(=S)NCCCO. The fourth-order valence-corrected chi connectivity index (χ4v) is 1.65. The van der Waals surface area contributed by atoms with Crippen LogP contribution in [0.4, 0.5) is 0 Å². The summed E-state index contributed by atoms with van der Waals surface area (Å²) >= 11 is 4.94. The zero-order chi connectivity index (χ0) is 14.8. The van der Waals surface area contributed by atoms with Gasteiger partial charge < -0.3 is 15.2 Å². The lowest BCUT2D eigenvalue weighted by Gasteiger charge is -2.07. The maximum Gasteiger partial charge on any atom is 0.250 e. The molecule has 108 valence electrons. The number of rotatable bonds is 6. The molecule has 0 saturated heterocycles. The van der Waals surface area contributed by atoms with Crippen molar-refractivity contribution in [3.05, 3.63) is 35.9 Å². The predicted octanol–water partition coefficient (Wildman–Crippen LogP) is 1.08. The van der Waals surface area contributed by atoms with Gasteiger partial charge in [-0.1, -0.05) is 18.2 Å². The van der Waals surface area contributed by atoms with E-state index < -0.39 is 0 Å². The molecule has 1 aromatic carbocycles. The molecular weight excluding hydrogens is 276 g/mol. The Kier molecular flexibility index (Phi) is 7.31. The highest BCUT2D eigenvalue weighted by molar-refractivity contribution is 7.80. The van der Waals surface area contributed by atoms with Crippen molar-refractivity contribution in [1.82, 2.24) is 10.6 Å². The number of hydrogen-bond donors (Lipinski definition) is 3. The smallest absolute Gasteiger partial charge is 0.250 e. The maximum atomic E-state index is 11.6. The summed E-state index contributed by atoms with van der Waals surface area (Å²) in [5.41, 5.74) is 0.810. The summed E-state index contributed by atoms with van der Waals surface area (Å²) in [7, 11) is 1.58. The Labute approximate surface area is 123 Å². The Morgan fingerprint density at radius 1 is 1.45 bits per heavy atom. The third-order valence-corrected chi connectivity index (χ3v) is 2.66. The lowest BCUT2D eigenvalue weighted by molar-refractivity contribution is -0.115. The molecule has 0 aliphatic heterocycles. The van der Waals surface area contributed by atoms with Crippen LogP contribution in [-0.2, 0) is 4.79 Å². The average Bonchev–Trinajstić information content (AvgIpc) is 2.45. The van der Waals surface area contributed by atoms with Crippen LogP contribution in [0.5, 0.6) is 5.75 Å². The van der Waals surface area contributed by atoms with E-state index in [4.69, 9.17) is 22.1 Å². The zero-order valence-electron chi connectivity index (χ0n) is 11.3. The second-order valence-electron chi connectivity index (χ2n) is 3.90. The molecular formula is C14H18N2O3S. The molecule has 0 spiro atoms. The van der Waals surface area contributed by atoms with Crippen molar-refractivity contribution in [1.29, 1.82) is 0 Å². The molecule has 5 nitrogen and oxygen atoms in total. The van der Waals surface area contributed by atoms with Crippen LogP contribution < -0.4 is 15.4 Å². The number of nitrogens with one attached hydrogen (secondary N) is 2. The molecule has 0 aliphatic carbocycles. The minimum absolute atomic E-state index is 0.0806. The van der Waals surface area contributed by atoms with Crippen molar-refractivity contribution in [2.24, 2.45) is 0 Å². The molecule has 0 unspecified atom stereocenters. The summed E-state index contributed by atoms with van der Waals surface area (Å²) in [6, 6.07) is 7.39. The molecule has 0 bridgehead atoms. The van der Waals surface area contributed by atoms with Gasteiger partial charge in [-0.2, -0.15) is 0 Å². The van der Waals surface area contributed by atoms with Gasteiger partial charge in [-0.15, -0.1) is 0 Å². The van der Waals surface area contributed by atoms with Gasteiger partial charge in [0.25, 0.3) is 0 Å². The normalized spacial score (nSPS) is 10.3. The van der Waals surface area contributed by atoms with Crippen LogP contribution >= 0.6 is 12.2 Å². The molecule has 0 aliphatic rings. The Hall–Kier alpha value is -1.92. The fourth-order valence-electron chi connectivity index (χ4n) is 1.45. The minimum atomic E-state index is -0.322. The number of ether oxygens (including phenoxy) is 1. The molecule has 0 radical (unpaired) electrons. The molecule has 1 rings (SSSR count). The third kappa shape index (κ3) is 5.81. The quantitative estimate of drug-likeness (QED) is 0.416. The van der Waals surface area contributed by atoms with E-state index in [2.05, 4.69) is 10.6 Å². The summed E-state index contributed by atoms with van der Waals surface area (Å²) in [5, 5.41) is 14.2. The van der Waals surface area contributed by atoms with Crippen molar-refractivity contribution in [2.75, 3.05) is 20.3 Å². The molecule has 0 heterocycles. The van der Waals surface area contributed by atoms with Gasteiger partial charge in [0.05, 0.1) is 7.11 Å². The number of thiocarbonyl (C=S) groups is 1. The Bertz CT molecular complexity index is 489. The first-order valence-corrected chi connectivity index (χ1v) is 6.59. The summed E-state index contributed by atoms with van der Waals surface area (Å²) < 4.78 is 5.18. The van der Waals surface area contributed by atoms with E-state index in [-0.39, 0.29) is 17.6 Å². The lowest BCUT2D eigenvalue weighted by atomic mass is 10.2. The fraction of sp³-hybridized carbons (Fsp3) is 0.286. The number of carbonyl (C=O) groups is 1. The summed E-state index contributed by atoms with van der Waals surface area (Å²) in [6.07, 6.45) is 3.62. The van der Waals surface area contributed by atoms with Crippen molar-refractivity contribution in [3.8, 4) is 5.75 Å². The molecule has 20 heavy (non-hydrogen) atoms. The van der Waals surface area contributed by atoms with Crippen LogP contribution in [0.3, 0.4) is 0 Å². The van der Waals surface area contributed by atoms with Crippen LogP contribution in [0.1, 0.15) is 12.0 Å². The second kappa shape index (κ2) is 9.06. The predicted molar refractivity (Wildman–Crippen MR) is 82.5 cm³/mol. The molecule has 3 N–H and O–H groups in total. The Morgan fingerprint density at radius 3 is 2.90 bits per heavy atom. The van der Waals surface area contributed by atoms with E-state index >= 15 is 0 Å². The molecule has 0 saturated carbocycles. The highest BCUT2D eigenvalue weighted by Crippen LogP contribution is 2.18. The standard InChI is InChI=1S/C14H18N2O3S/c1-19-12-6-3-2-5-11(12)7-8-13(18)16-14(20)15-9-4-10-17/h2-3,5-8,17H,4,9-10H2,1H3,(H2,15,16,18,20)/b8-7+. The van der Waals surface area contributed by atoms with Crippen LogP contribution in [-0.4, -0.2) is 36.4 Å². The first-order chi connectivity index (χ1) is 9.67. The number of methoxy groups -OCH3 is 1. The van der Waals surface area contributed by atoms with Gasteiger partial charge in [0, 0.05) is 24.8 Å². The van der Waals surface area contributed by atoms with E-state index in [1.807, 2.05) is 24.3 Å². The van der Waals surface area contributed by atoms with E-state index in [1.165, 1.54) is 6.08 Å². The van der Waals surface area contributed by atoms with E-state index in [9.17, 15) is 4.79 Å². The molecule has 1 aromatic rings. The monoisotopic (exact) mass is 294 g/mol. The first kappa shape index (κ1) is 16.1. The third-order valence-electron chi connectivity index (χ3n) is 2.41. The topological polar surface area (TPSA) is 70.6 Å². The van der Waals surface area contributed by atoms with Gasteiger partial charge in [0.1, 0.15) is 5.75 Å². The molecule has 6 heteroatoms. The molecule has 0 aromatic heterocycles. The van der Waals surface area contributed by atoms with Gasteiger partial charge in [-0.05, 0) is 30.8 Å². The highest BCUT2D eigenvalue weighted by atomic mass is 32.1. The van der Waals surface area contributed by atoms with Gasteiger partial charge in [0.2, 0.25) is 5.91 Å². The largest absolute Gasteiger partial charge is 0.496 e. The maximum absolute atomic E-state index is 11.6.